The van der Waals surface area contributed by atoms with E-state index in [1.165, 1.54) is 6.20 Å². The predicted molar refractivity (Wildman–Crippen MR) is 89.9 cm³/mol. The molecule has 23 heavy (non-hydrogen) atoms. The molecule has 0 radical (unpaired) electrons. The van der Waals surface area contributed by atoms with E-state index in [2.05, 4.69) is 15.6 Å². The van der Waals surface area contributed by atoms with Crippen LogP contribution in [0.1, 0.15) is 36.2 Å². The lowest BCUT2D eigenvalue weighted by Gasteiger charge is -2.13. The van der Waals surface area contributed by atoms with Crippen molar-refractivity contribution in [2.75, 3.05) is 5.32 Å². The monoisotopic (exact) mass is 311 g/mol. The zero-order valence-corrected chi connectivity index (χ0v) is 13.4. The molecule has 1 heterocycles. The average molecular weight is 311 g/mol. The average Bonchev–Trinajstić information content (AvgIpc) is 2.53. The smallest absolute Gasteiger partial charge is 0.253 e. The maximum absolute atomic E-state index is 12.1. The fraction of sp³-hybridized carbons (Fsp3) is 0.278. The van der Waals surface area contributed by atoms with Crippen molar-refractivity contribution in [2.24, 2.45) is 5.92 Å². The van der Waals surface area contributed by atoms with Crippen molar-refractivity contribution >= 4 is 17.5 Å². The van der Waals surface area contributed by atoms with E-state index >= 15 is 0 Å². The molecule has 1 aromatic heterocycles. The molecule has 0 atom stereocenters. The third kappa shape index (κ3) is 5.21. The van der Waals surface area contributed by atoms with Crippen LogP contribution in [0, 0.1) is 5.92 Å². The zero-order valence-electron chi connectivity index (χ0n) is 13.4. The van der Waals surface area contributed by atoms with E-state index in [1.54, 1.807) is 18.3 Å². The minimum Gasteiger partial charge on any atom is -0.348 e. The molecule has 0 aliphatic rings. The number of carbonyl (C=O) groups excluding carboxylic acids is 2. The Morgan fingerprint density at radius 1 is 1.13 bits per heavy atom. The highest BCUT2D eigenvalue weighted by atomic mass is 16.2. The number of rotatable bonds is 6. The van der Waals surface area contributed by atoms with Gasteiger partial charge in [0.25, 0.3) is 5.91 Å². The van der Waals surface area contributed by atoms with Crippen molar-refractivity contribution in [2.45, 2.75) is 26.8 Å². The summed E-state index contributed by atoms with van der Waals surface area (Å²) >= 11 is 0. The van der Waals surface area contributed by atoms with Gasteiger partial charge in [-0.15, -0.1) is 0 Å². The summed E-state index contributed by atoms with van der Waals surface area (Å²) in [6.07, 6.45) is 3.61. The van der Waals surface area contributed by atoms with Crippen LogP contribution >= 0.6 is 0 Å². The molecule has 0 saturated heterocycles. The van der Waals surface area contributed by atoms with Crippen LogP contribution in [0.2, 0.25) is 0 Å². The number of amides is 2. The van der Waals surface area contributed by atoms with Crippen LogP contribution < -0.4 is 10.6 Å². The third-order valence-corrected chi connectivity index (χ3v) is 3.25. The summed E-state index contributed by atoms with van der Waals surface area (Å²) in [5, 5.41) is 5.74. The molecule has 5 heteroatoms. The summed E-state index contributed by atoms with van der Waals surface area (Å²) in [6, 6.07) is 10.9. The molecular formula is C18H21N3O2. The fourth-order valence-electron chi connectivity index (χ4n) is 2.14. The van der Waals surface area contributed by atoms with E-state index < -0.39 is 0 Å². The second kappa shape index (κ2) is 8.08. The number of carbonyl (C=O) groups is 2. The zero-order chi connectivity index (χ0) is 16.7. The maximum atomic E-state index is 12.1. The van der Waals surface area contributed by atoms with E-state index in [0.29, 0.717) is 24.4 Å². The lowest BCUT2D eigenvalue weighted by Crippen LogP contribution is -2.24. The van der Waals surface area contributed by atoms with Crippen molar-refractivity contribution in [3.05, 3.63) is 59.9 Å². The third-order valence-electron chi connectivity index (χ3n) is 3.25. The number of hydrogen-bond acceptors (Lipinski definition) is 3. The molecule has 2 rings (SSSR count). The molecule has 0 spiro atoms. The topological polar surface area (TPSA) is 71.1 Å². The first-order chi connectivity index (χ1) is 11.1. The number of para-hydroxylation sites is 1. The van der Waals surface area contributed by atoms with Crippen molar-refractivity contribution in [3.63, 3.8) is 0 Å². The fourth-order valence-corrected chi connectivity index (χ4v) is 2.14. The Hall–Kier alpha value is -2.69. The van der Waals surface area contributed by atoms with Gasteiger partial charge < -0.3 is 10.6 Å². The molecule has 0 bridgehead atoms. The van der Waals surface area contributed by atoms with E-state index in [-0.39, 0.29) is 11.8 Å². The van der Waals surface area contributed by atoms with Crippen molar-refractivity contribution < 1.29 is 9.59 Å². The van der Waals surface area contributed by atoms with Crippen LogP contribution in [-0.2, 0) is 11.3 Å². The normalized spacial score (nSPS) is 10.4. The number of hydrogen-bond donors (Lipinski definition) is 2. The van der Waals surface area contributed by atoms with Gasteiger partial charge in [0.05, 0.1) is 5.56 Å². The van der Waals surface area contributed by atoms with E-state index in [1.807, 2.05) is 38.1 Å². The van der Waals surface area contributed by atoms with Crippen LogP contribution in [-0.4, -0.2) is 16.8 Å². The Bertz CT molecular complexity index is 669. The highest BCUT2D eigenvalue weighted by Gasteiger charge is 2.10. The molecule has 2 amide bonds. The molecule has 2 N–H and O–H groups in total. The molecule has 0 aliphatic carbocycles. The summed E-state index contributed by atoms with van der Waals surface area (Å²) in [5.41, 5.74) is 2.10. The molecular weight excluding hydrogens is 290 g/mol. The van der Waals surface area contributed by atoms with E-state index in [9.17, 15) is 9.59 Å². The highest BCUT2D eigenvalue weighted by Crippen LogP contribution is 2.16. The number of aromatic nitrogens is 1. The van der Waals surface area contributed by atoms with Gasteiger partial charge in [0, 0.05) is 31.0 Å². The van der Waals surface area contributed by atoms with E-state index in [4.69, 9.17) is 0 Å². The molecule has 1 aromatic carbocycles. The first-order valence-electron chi connectivity index (χ1n) is 7.62. The molecule has 0 fully saturated rings. The second-order valence-corrected chi connectivity index (χ2v) is 5.73. The standard InChI is InChI=1S/C18H21N3O2/c1-13(2)10-17(22)21-16-8-4-3-6-14(16)12-20-18(23)15-7-5-9-19-11-15/h3-9,11,13H,10,12H2,1-2H3,(H,20,23)(H,21,22). The quantitative estimate of drug-likeness (QED) is 0.861. The van der Waals surface area contributed by atoms with Crippen molar-refractivity contribution in [1.82, 2.24) is 10.3 Å². The van der Waals surface area contributed by atoms with Gasteiger partial charge in [-0.25, -0.2) is 0 Å². The van der Waals surface area contributed by atoms with Gasteiger partial charge in [-0.3, -0.25) is 14.6 Å². The largest absolute Gasteiger partial charge is 0.348 e. The van der Waals surface area contributed by atoms with E-state index in [0.717, 1.165) is 11.3 Å². The Morgan fingerprint density at radius 3 is 2.61 bits per heavy atom. The van der Waals surface area contributed by atoms with Crippen LogP contribution in [0.3, 0.4) is 0 Å². The summed E-state index contributed by atoms with van der Waals surface area (Å²) in [5.74, 6) is 0.0832. The molecule has 0 saturated carbocycles. The minimum atomic E-state index is -0.193. The Labute approximate surface area is 136 Å². The van der Waals surface area contributed by atoms with Gasteiger partial charge in [-0.05, 0) is 29.7 Å². The summed E-state index contributed by atoms with van der Waals surface area (Å²) < 4.78 is 0. The molecule has 0 unspecified atom stereocenters. The van der Waals surface area contributed by atoms with Gasteiger partial charge in [0.15, 0.2) is 0 Å². The Morgan fingerprint density at radius 2 is 1.91 bits per heavy atom. The highest BCUT2D eigenvalue weighted by molar-refractivity contribution is 5.94. The predicted octanol–water partition coefficient (Wildman–Crippen LogP) is 3.00. The number of nitrogens with zero attached hydrogens (tertiary/aromatic N) is 1. The minimum absolute atomic E-state index is 0.0222. The first kappa shape index (κ1) is 16.7. The van der Waals surface area contributed by atoms with Gasteiger partial charge in [-0.2, -0.15) is 0 Å². The summed E-state index contributed by atoms with van der Waals surface area (Å²) in [4.78, 5) is 27.9. The van der Waals surface area contributed by atoms with Crippen molar-refractivity contribution in [3.8, 4) is 0 Å². The van der Waals surface area contributed by atoms with Crippen LogP contribution in [0.25, 0.3) is 0 Å². The first-order valence-corrected chi connectivity index (χ1v) is 7.62. The van der Waals surface area contributed by atoms with Gasteiger partial charge in [0.2, 0.25) is 5.91 Å². The van der Waals surface area contributed by atoms with Crippen molar-refractivity contribution in [1.29, 1.82) is 0 Å². The number of nitrogens with one attached hydrogen (secondary N) is 2. The Balaban J connectivity index is 2.00. The number of pyridine rings is 1. The molecule has 5 nitrogen and oxygen atoms in total. The summed E-state index contributed by atoms with van der Waals surface area (Å²) in [6.45, 7) is 4.34. The molecule has 2 aromatic rings. The van der Waals surface area contributed by atoms with Gasteiger partial charge >= 0.3 is 0 Å². The van der Waals surface area contributed by atoms with Gasteiger partial charge in [0.1, 0.15) is 0 Å². The lowest BCUT2D eigenvalue weighted by molar-refractivity contribution is -0.116. The summed E-state index contributed by atoms with van der Waals surface area (Å²) in [7, 11) is 0. The molecule has 120 valence electrons. The Kier molecular flexibility index (Phi) is 5.86. The maximum Gasteiger partial charge on any atom is 0.253 e. The lowest BCUT2D eigenvalue weighted by atomic mass is 10.1. The molecule has 0 aliphatic heterocycles. The van der Waals surface area contributed by atoms with Crippen LogP contribution in [0.15, 0.2) is 48.8 Å². The number of benzene rings is 1. The van der Waals surface area contributed by atoms with Crippen LogP contribution in [0.4, 0.5) is 5.69 Å². The SMILES string of the molecule is CC(C)CC(=O)Nc1ccccc1CNC(=O)c1cccnc1. The number of anilines is 1. The van der Waals surface area contributed by atoms with Crippen LogP contribution in [0.5, 0.6) is 0 Å². The van der Waals surface area contributed by atoms with Gasteiger partial charge in [-0.1, -0.05) is 32.0 Å². The second-order valence-electron chi connectivity index (χ2n) is 5.73.